The Hall–Kier alpha value is -1.94. The largest absolute Gasteiger partial charge is 0.375 e. The molecule has 2 aliphatic heterocycles. The molecule has 2 atom stereocenters. The van der Waals surface area contributed by atoms with Gasteiger partial charge in [0.1, 0.15) is 0 Å². The van der Waals surface area contributed by atoms with Gasteiger partial charge < -0.3 is 4.74 Å². The lowest BCUT2D eigenvalue weighted by molar-refractivity contribution is -0.145. The van der Waals surface area contributed by atoms with Crippen molar-refractivity contribution in [2.75, 3.05) is 6.54 Å². The molecule has 1 aromatic carbocycles. The van der Waals surface area contributed by atoms with E-state index in [1.165, 1.54) is 4.90 Å². The molecule has 1 aromatic rings. The van der Waals surface area contributed by atoms with Crippen LogP contribution in [0.4, 0.5) is 0 Å². The Bertz CT molecular complexity index is 627. The fourth-order valence-corrected chi connectivity index (χ4v) is 3.95. The molecular weight excluding hydrogens is 278 g/mol. The van der Waals surface area contributed by atoms with Crippen molar-refractivity contribution in [3.05, 3.63) is 48.0 Å². The van der Waals surface area contributed by atoms with Crippen LogP contribution in [0.1, 0.15) is 42.6 Å². The van der Waals surface area contributed by atoms with Gasteiger partial charge in [-0.2, -0.15) is 0 Å². The molecule has 4 nitrogen and oxygen atoms in total. The molecule has 2 amide bonds. The van der Waals surface area contributed by atoms with Crippen molar-refractivity contribution >= 4 is 11.8 Å². The van der Waals surface area contributed by atoms with Crippen molar-refractivity contribution in [3.8, 4) is 0 Å². The zero-order chi connectivity index (χ0) is 15.9. The van der Waals surface area contributed by atoms with Crippen LogP contribution in [0.2, 0.25) is 0 Å². The van der Waals surface area contributed by atoms with Gasteiger partial charge in [-0.15, -0.1) is 6.58 Å². The van der Waals surface area contributed by atoms with Gasteiger partial charge in [-0.1, -0.05) is 24.3 Å². The lowest BCUT2D eigenvalue weighted by atomic mass is 9.66. The fraction of sp³-hybridized carbons (Fsp3) is 0.444. The van der Waals surface area contributed by atoms with Crippen molar-refractivity contribution < 1.29 is 14.3 Å². The van der Waals surface area contributed by atoms with Crippen LogP contribution in [-0.2, 0) is 14.9 Å². The van der Waals surface area contributed by atoms with Crippen molar-refractivity contribution in [3.63, 3.8) is 0 Å². The highest BCUT2D eigenvalue weighted by molar-refractivity contribution is 6.13. The molecule has 0 bridgehead atoms. The number of carbonyl (C=O) groups is 2. The summed E-state index contributed by atoms with van der Waals surface area (Å²) < 4.78 is 5.82. The van der Waals surface area contributed by atoms with Crippen molar-refractivity contribution in [2.45, 2.75) is 44.3 Å². The van der Waals surface area contributed by atoms with Crippen LogP contribution in [0.15, 0.2) is 36.9 Å². The van der Waals surface area contributed by atoms with Crippen LogP contribution in [-0.4, -0.2) is 35.5 Å². The number of nitrogens with zero attached hydrogens (tertiary/aromatic N) is 1. The smallest absolute Gasteiger partial charge is 0.261 e. The minimum atomic E-state index is -0.662. The van der Waals surface area contributed by atoms with Crippen LogP contribution < -0.4 is 0 Å². The number of imide groups is 1. The lowest BCUT2D eigenvalue weighted by Crippen LogP contribution is -2.58. The third-order valence-corrected chi connectivity index (χ3v) is 4.62. The second-order valence-electron chi connectivity index (χ2n) is 6.30. The number of benzene rings is 1. The normalized spacial score (nSPS) is 31.3. The number of fused-ring (bicyclic) bond motifs is 2. The van der Waals surface area contributed by atoms with E-state index in [-0.39, 0.29) is 30.6 Å². The van der Waals surface area contributed by atoms with Gasteiger partial charge in [0.25, 0.3) is 5.91 Å². The Kier molecular flexibility index (Phi) is 3.65. The first kappa shape index (κ1) is 15.0. The van der Waals surface area contributed by atoms with E-state index < -0.39 is 5.41 Å². The summed E-state index contributed by atoms with van der Waals surface area (Å²) in [6.07, 6.45) is 2.78. The molecule has 4 heteroatoms. The standard InChI is InChI=1S/C18H21NO3/c1-4-9-19-16(20)14-7-5-6-8-15(14)18(17(19)21)10-12(2)22-13(3)11-18/h4-8,12-13H,1,9-11H2,2-3H3. The molecular formula is C18H21NO3. The Morgan fingerprint density at radius 1 is 1.27 bits per heavy atom. The Morgan fingerprint density at radius 3 is 2.55 bits per heavy atom. The van der Waals surface area contributed by atoms with E-state index in [0.717, 1.165) is 5.56 Å². The number of hydrogen-bond acceptors (Lipinski definition) is 3. The summed E-state index contributed by atoms with van der Waals surface area (Å²) in [6, 6.07) is 7.47. The van der Waals surface area contributed by atoms with Crippen LogP contribution in [0, 0.1) is 0 Å². The molecule has 1 spiro atoms. The minimum absolute atomic E-state index is 0.0143. The second kappa shape index (κ2) is 5.36. The van der Waals surface area contributed by atoms with Gasteiger partial charge in [-0.25, -0.2) is 0 Å². The maximum atomic E-state index is 13.2. The summed E-state index contributed by atoms with van der Waals surface area (Å²) in [6.45, 7) is 7.90. The fourth-order valence-electron chi connectivity index (χ4n) is 3.95. The first-order valence-corrected chi connectivity index (χ1v) is 7.72. The Labute approximate surface area is 130 Å². The van der Waals surface area contributed by atoms with E-state index in [0.29, 0.717) is 18.4 Å². The Morgan fingerprint density at radius 2 is 1.91 bits per heavy atom. The van der Waals surface area contributed by atoms with E-state index >= 15 is 0 Å². The topological polar surface area (TPSA) is 46.6 Å². The molecule has 2 aliphatic rings. The molecule has 1 saturated heterocycles. The van der Waals surface area contributed by atoms with Crippen LogP contribution >= 0.6 is 0 Å². The summed E-state index contributed by atoms with van der Waals surface area (Å²) in [5.74, 6) is -0.337. The van der Waals surface area contributed by atoms with Gasteiger partial charge >= 0.3 is 0 Å². The zero-order valence-electron chi connectivity index (χ0n) is 13.0. The van der Waals surface area contributed by atoms with Gasteiger partial charge in [-0.3, -0.25) is 14.5 Å². The van der Waals surface area contributed by atoms with Crippen molar-refractivity contribution in [1.29, 1.82) is 0 Å². The summed E-state index contributed by atoms with van der Waals surface area (Å²) in [7, 11) is 0. The summed E-state index contributed by atoms with van der Waals surface area (Å²) in [5, 5.41) is 0. The third kappa shape index (κ3) is 2.10. The van der Waals surface area contributed by atoms with E-state index in [4.69, 9.17) is 4.74 Å². The highest BCUT2D eigenvalue weighted by Gasteiger charge is 2.53. The first-order valence-electron chi connectivity index (χ1n) is 7.72. The molecule has 0 radical (unpaired) electrons. The maximum absolute atomic E-state index is 13.2. The summed E-state index contributed by atoms with van der Waals surface area (Å²) in [4.78, 5) is 27.1. The molecule has 3 rings (SSSR count). The van der Waals surface area contributed by atoms with Gasteiger partial charge in [0.05, 0.1) is 17.6 Å². The maximum Gasteiger partial charge on any atom is 0.261 e. The number of ether oxygens (including phenoxy) is 1. The van der Waals surface area contributed by atoms with Gasteiger partial charge in [-0.05, 0) is 38.3 Å². The van der Waals surface area contributed by atoms with Crippen molar-refractivity contribution in [1.82, 2.24) is 4.90 Å². The van der Waals surface area contributed by atoms with Crippen LogP contribution in [0.3, 0.4) is 0 Å². The molecule has 1 fully saturated rings. The average molecular weight is 299 g/mol. The summed E-state index contributed by atoms with van der Waals surface area (Å²) >= 11 is 0. The lowest BCUT2D eigenvalue weighted by Gasteiger charge is -2.47. The average Bonchev–Trinajstić information content (AvgIpc) is 2.49. The Balaban J connectivity index is 2.19. The second-order valence-corrected chi connectivity index (χ2v) is 6.30. The number of carbonyl (C=O) groups excluding carboxylic acids is 2. The van der Waals surface area contributed by atoms with E-state index in [1.54, 1.807) is 6.08 Å². The molecule has 22 heavy (non-hydrogen) atoms. The predicted molar refractivity (Wildman–Crippen MR) is 83.6 cm³/mol. The predicted octanol–water partition coefficient (Wildman–Crippen LogP) is 2.68. The van der Waals surface area contributed by atoms with Gasteiger partial charge in [0.15, 0.2) is 0 Å². The molecule has 0 saturated carbocycles. The highest BCUT2D eigenvalue weighted by atomic mass is 16.5. The third-order valence-electron chi connectivity index (χ3n) is 4.62. The van der Waals surface area contributed by atoms with E-state index in [2.05, 4.69) is 6.58 Å². The summed E-state index contributed by atoms with van der Waals surface area (Å²) in [5.41, 5.74) is 0.822. The molecule has 0 N–H and O–H groups in total. The van der Waals surface area contributed by atoms with Crippen LogP contribution in [0.5, 0.6) is 0 Å². The highest BCUT2D eigenvalue weighted by Crippen LogP contribution is 2.45. The van der Waals surface area contributed by atoms with Crippen LogP contribution in [0.25, 0.3) is 0 Å². The monoisotopic (exact) mass is 299 g/mol. The number of rotatable bonds is 2. The molecule has 2 unspecified atom stereocenters. The molecule has 0 aliphatic carbocycles. The van der Waals surface area contributed by atoms with E-state index in [9.17, 15) is 9.59 Å². The first-order chi connectivity index (χ1) is 10.5. The number of amides is 2. The SMILES string of the molecule is C=CCN1C(=O)c2ccccc2C2(CC(C)OC(C)C2)C1=O. The van der Waals surface area contributed by atoms with Gasteiger partial charge in [0.2, 0.25) is 5.91 Å². The molecule has 0 aromatic heterocycles. The number of hydrogen-bond donors (Lipinski definition) is 0. The van der Waals surface area contributed by atoms with Crippen molar-refractivity contribution in [2.24, 2.45) is 0 Å². The quantitative estimate of drug-likeness (QED) is 0.623. The van der Waals surface area contributed by atoms with Gasteiger partial charge in [0, 0.05) is 12.1 Å². The zero-order valence-corrected chi connectivity index (χ0v) is 13.0. The molecule has 2 heterocycles. The molecule has 116 valence electrons. The minimum Gasteiger partial charge on any atom is -0.375 e. The van der Waals surface area contributed by atoms with E-state index in [1.807, 2.05) is 38.1 Å².